The molecule has 186 valence electrons. The van der Waals surface area contributed by atoms with Gasteiger partial charge in [0.1, 0.15) is 30.5 Å². The third-order valence-electron chi connectivity index (χ3n) is 7.73. The van der Waals surface area contributed by atoms with Crippen molar-refractivity contribution in [1.82, 2.24) is 0 Å². The highest BCUT2D eigenvalue weighted by molar-refractivity contribution is 5.78. The second kappa shape index (κ2) is 9.53. The Kier molecular flexibility index (Phi) is 6.84. The third-order valence-corrected chi connectivity index (χ3v) is 7.73. The first-order chi connectivity index (χ1) is 15.9. The lowest BCUT2D eigenvalue weighted by Crippen LogP contribution is -2.55. The van der Waals surface area contributed by atoms with E-state index in [0.29, 0.717) is 12.3 Å². The number of esters is 1. The first-order valence-electron chi connectivity index (χ1n) is 12.9. The first-order valence-corrected chi connectivity index (χ1v) is 12.9. The number of methoxy groups -OCH3 is 1. The highest BCUT2D eigenvalue weighted by Gasteiger charge is 2.63. The SMILES string of the molecule is COC(=O)[C@H](CC(C)C)N=C[C@H]1O[C@@H]2OC3(CCCCC3)O[C@@H]2[C@H]2OC3(CCCCC3)O[C@H]21. The van der Waals surface area contributed by atoms with E-state index in [1.165, 1.54) is 20.0 Å². The summed E-state index contributed by atoms with van der Waals surface area (Å²) in [6, 6.07) is -0.564. The van der Waals surface area contributed by atoms with E-state index in [0.717, 1.165) is 51.4 Å². The van der Waals surface area contributed by atoms with Crippen LogP contribution in [0.4, 0.5) is 0 Å². The van der Waals surface area contributed by atoms with Gasteiger partial charge < -0.3 is 28.4 Å². The second-order valence-electron chi connectivity index (χ2n) is 10.7. The quantitative estimate of drug-likeness (QED) is 0.450. The maximum atomic E-state index is 12.3. The van der Waals surface area contributed by atoms with Gasteiger partial charge in [0, 0.05) is 31.9 Å². The topological polar surface area (TPSA) is 84.8 Å². The molecule has 0 amide bonds. The fraction of sp³-hybridized carbons (Fsp3) is 0.920. The highest BCUT2D eigenvalue weighted by atomic mass is 16.9. The van der Waals surface area contributed by atoms with Crippen LogP contribution in [0, 0.1) is 5.92 Å². The van der Waals surface area contributed by atoms with E-state index in [1.54, 1.807) is 6.21 Å². The van der Waals surface area contributed by atoms with Crippen molar-refractivity contribution < 1.29 is 33.2 Å². The molecule has 8 heteroatoms. The van der Waals surface area contributed by atoms with E-state index in [4.69, 9.17) is 28.4 Å². The summed E-state index contributed by atoms with van der Waals surface area (Å²) in [5.41, 5.74) is 0. The molecule has 3 heterocycles. The monoisotopic (exact) mass is 465 g/mol. The smallest absolute Gasteiger partial charge is 0.330 e. The van der Waals surface area contributed by atoms with Crippen LogP contribution in [0.15, 0.2) is 4.99 Å². The normalized spacial score (nSPS) is 38.0. The summed E-state index contributed by atoms with van der Waals surface area (Å²) < 4.78 is 37.6. The molecule has 2 saturated carbocycles. The lowest BCUT2D eigenvalue weighted by Gasteiger charge is -2.35. The summed E-state index contributed by atoms with van der Waals surface area (Å²) in [6.07, 6.45) is 10.7. The van der Waals surface area contributed by atoms with E-state index < -0.39 is 30.0 Å². The zero-order valence-electron chi connectivity index (χ0n) is 20.2. The molecular formula is C25H39NO7. The summed E-state index contributed by atoms with van der Waals surface area (Å²) in [5.74, 6) is -1.19. The number of hydrogen-bond donors (Lipinski definition) is 0. The molecule has 0 aromatic carbocycles. The van der Waals surface area contributed by atoms with Gasteiger partial charge >= 0.3 is 5.97 Å². The maximum Gasteiger partial charge on any atom is 0.330 e. The average Bonchev–Trinajstić information content (AvgIpc) is 3.34. The van der Waals surface area contributed by atoms with Crippen LogP contribution in [-0.2, 0) is 33.2 Å². The van der Waals surface area contributed by atoms with Crippen LogP contribution < -0.4 is 0 Å². The van der Waals surface area contributed by atoms with Crippen molar-refractivity contribution in [2.45, 2.75) is 133 Å². The molecule has 8 nitrogen and oxygen atoms in total. The largest absolute Gasteiger partial charge is 0.467 e. The molecule has 2 spiro atoms. The van der Waals surface area contributed by atoms with Gasteiger partial charge in [-0.05, 0) is 38.0 Å². The third kappa shape index (κ3) is 4.74. The second-order valence-corrected chi connectivity index (χ2v) is 10.7. The van der Waals surface area contributed by atoms with Gasteiger partial charge in [-0.1, -0.05) is 26.7 Å². The van der Waals surface area contributed by atoms with Crippen molar-refractivity contribution >= 4 is 12.2 Å². The lowest BCUT2D eigenvalue weighted by atomic mass is 9.94. The Morgan fingerprint density at radius 1 is 0.909 bits per heavy atom. The Labute approximate surface area is 196 Å². The number of nitrogens with zero attached hydrogens (tertiary/aromatic N) is 1. The predicted octanol–water partition coefficient (Wildman–Crippen LogP) is 3.89. The molecule has 5 fully saturated rings. The summed E-state index contributed by atoms with van der Waals surface area (Å²) in [7, 11) is 1.40. The van der Waals surface area contributed by atoms with Gasteiger partial charge in [0.25, 0.3) is 0 Å². The minimum Gasteiger partial charge on any atom is -0.467 e. The summed E-state index contributed by atoms with van der Waals surface area (Å²) in [6.45, 7) is 4.13. The molecule has 0 N–H and O–H groups in total. The Morgan fingerprint density at radius 3 is 2.09 bits per heavy atom. The fourth-order valence-corrected chi connectivity index (χ4v) is 6.10. The average molecular weight is 466 g/mol. The van der Waals surface area contributed by atoms with Gasteiger partial charge in [-0.3, -0.25) is 4.99 Å². The molecule has 2 aliphatic carbocycles. The van der Waals surface area contributed by atoms with Crippen molar-refractivity contribution in [3.8, 4) is 0 Å². The van der Waals surface area contributed by atoms with Gasteiger partial charge in [-0.2, -0.15) is 0 Å². The number of fused-ring (bicyclic) bond motifs is 3. The molecule has 6 atom stereocenters. The number of ether oxygens (including phenoxy) is 6. The van der Waals surface area contributed by atoms with Crippen molar-refractivity contribution in [1.29, 1.82) is 0 Å². The maximum absolute atomic E-state index is 12.3. The molecule has 0 aromatic rings. The van der Waals surface area contributed by atoms with Crippen LogP contribution in [0.5, 0.6) is 0 Å². The minimum atomic E-state index is -0.581. The number of carbonyl (C=O) groups is 1. The van der Waals surface area contributed by atoms with Crippen LogP contribution in [0.2, 0.25) is 0 Å². The van der Waals surface area contributed by atoms with E-state index in [2.05, 4.69) is 18.8 Å². The number of hydrogen-bond acceptors (Lipinski definition) is 8. The van der Waals surface area contributed by atoms with Gasteiger partial charge in [-0.25, -0.2) is 4.79 Å². The molecule has 5 aliphatic rings. The molecule has 33 heavy (non-hydrogen) atoms. The zero-order valence-corrected chi connectivity index (χ0v) is 20.2. The Bertz CT molecular complexity index is 728. The Balaban J connectivity index is 1.39. The molecular weight excluding hydrogens is 426 g/mol. The van der Waals surface area contributed by atoms with Crippen LogP contribution in [0.3, 0.4) is 0 Å². The van der Waals surface area contributed by atoms with Gasteiger partial charge in [0.15, 0.2) is 17.9 Å². The molecule has 0 aromatic heterocycles. The standard InChI is InChI=1S/C25H39NO7/c1-16(2)14-17(22(27)28-3)26-15-18-19-20(31-24(30-19)10-6-4-7-11-24)21-23(29-18)33-25(32-21)12-8-5-9-13-25/h15-21,23H,4-14H2,1-3H3/t17-,18+,19-,20-,21+,23+/m0/s1. The van der Waals surface area contributed by atoms with Crippen molar-refractivity contribution in [3.05, 3.63) is 0 Å². The van der Waals surface area contributed by atoms with Crippen LogP contribution in [0.1, 0.15) is 84.5 Å². The van der Waals surface area contributed by atoms with Crippen LogP contribution in [0.25, 0.3) is 0 Å². The number of aliphatic imine (C=N–C) groups is 1. The summed E-state index contributed by atoms with van der Waals surface area (Å²) in [4.78, 5) is 16.9. The molecule has 3 aliphatic heterocycles. The zero-order chi connectivity index (χ0) is 23.1. The molecule has 0 radical (unpaired) electrons. The molecule has 5 rings (SSSR count). The molecule has 0 unspecified atom stereocenters. The van der Waals surface area contributed by atoms with E-state index >= 15 is 0 Å². The molecule has 0 bridgehead atoms. The van der Waals surface area contributed by atoms with Crippen molar-refractivity contribution in [2.24, 2.45) is 10.9 Å². The van der Waals surface area contributed by atoms with E-state index in [1.807, 2.05) is 0 Å². The first kappa shape index (κ1) is 23.7. The minimum absolute atomic E-state index is 0.277. The van der Waals surface area contributed by atoms with Crippen molar-refractivity contribution in [3.63, 3.8) is 0 Å². The number of rotatable bonds is 5. The van der Waals surface area contributed by atoms with Gasteiger partial charge in [0.05, 0.1) is 7.11 Å². The number of carbonyl (C=O) groups excluding carboxylic acids is 1. The van der Waals surface area contributed by atoms with Crippen molar-refractivity contribution in [2.75, 3.05) is 7.11 Å². The predicted molar refractivity (Wildman–Crippen MR) is 120 cm³/mol. The van der Waals surface area contributed by atoms with Crippen LogP contribution in [-0.4, -0.2) is 67.6 Å². The lowest BCUT2D eigenvalue weighted by molar-refractivity contribution is -0.240. The Morgan fingerprint density at radius 2 is 1.48 bits per heavy atom. The van der Waals surface area contributed by atoms with E-state index in [9.17, 15) is 4.79 Å². The van der Waals surface area contributed by atoms with Gasteiger partial charge in [-0.15, -0.1) is 0 Å². The summed E-state index contributed by atoms with van der Waals surface area (Å²) >= 11 is 0. The van der Waals surface area contributed by atoms with E-state index in [-0.39, 0.29) is 24.3 Å². The fourth-order valence-electron chi connectivity index (χ4n) is 6.10. The Hall–Kier alpha value is -1.06. The highest BCUT2D eigenvalue weighted by Crippen LogP contribution is 2.50. The molecule has 3 saturated heterocycles. The summed E-state index contributed by atoms with van der Waals surface area (Å²) in [5, 5.41) is 0. The van der Waals surface area contributed by atoms with Gasteiger partial charge in [0.2, 0.25) is 0 Å². The van der Waals surface area contributed by atoms with Crippen LogP contribution >= 0.6 is 0 Å².